The van der Waals surface area contributed by atoms with Gasteiger partial charge in [-0.25, -0.2) is 4.39 Å². The fourth-order valence-electron chi connectivity index (χ4n) is 4.32. The van der Waals surface area contributed by atoms with Crippen LogP contribution >= 0.6 is 0 Å². The van der Waals surface area contributed by atoms with Crippen molar-refractivity contribution < 1.29 is 22.3 Å². The molecule has 1 aliphatic heterocycles. The summed E-state index contributed by atoms with van der Waals surface area (Å²) in [5, 5.41) is 1.16. The zero-order valence-electron chi connectivity index (χ0n) is 16.8. The van der Waals surface area contributed by atoms with Crippen LogP contribution in [0.1, 0.15) is 45.4 Å². The van der Waals surface area contributed by atoms with E-state index in [1.165, 1.54) is 74.9 Å². The van der Waals surface area contributed by atoms with Crippen molar-refractivity contribution in [1.29, 1.82) is 0 Å². The van der Waals surface area contributed by atoms with E-state index >= 15 is 0 Å². The van der Waals surface area contributed by atoms with Gasteiger partial charge in [0.05, 0.1) is 8.80 Å². The minimum Gasteiger partial charge on any atom is -0.406 e. The Morgan fingerprint density at radius 1 is 1.00 bits per heavy atom. The second-order valence-corrected chi connectivity index (χ2v) is 11.2. The zero-order valence-corrected chi connectivity index (χ0v) is 17.9. The van der Waals surface area contributed by atoms with E-state index in [9.17, 15) is 17.6 Å². The Balaban J connectivity index is 1.62. The van der Waals surface area contributed by atoms with Crippen molar-refractivity contribution in [3.8, 4) is 16.9 Å². The third-order valence-corrected chi connectivity index (χ3v) is 9.29. The predicted molar refractivity (Wildman–Crippen MR) is 112 cm³/mol. The van der Waals surface area contributed by atoms with Gasteiger partial charge in [-0.2, -0.15) is 0 Å². The summed E-state index contributed by atoms with van der Waals surface area (Å²) >= 11 is 0. The molecule has 3 rings (SSSR count). The van der Waals surface area contributed by atoms with E-state index < -0.39 is 15.2 Å². The highest BCUT2D eigenvalue weighted by atomic mass is 28.3. The molecule has 1 aliphatic rings. The molecule has 0 spiro atoms. The first-order valence-corrected chi connectivity index (χ1v) is 12.7. The molecule has 0 bridgehead atoms. The summed E-state index contributed by atoms with van der Waals surface area (Å²) in [6, 6.07) is 13.3. The summed E-state index contributed by atoms with van der Waals surface area (Å²) in [4.78, 5) is 0. The molecule has 29 heavy (non-hydrogen) atoms. The fraction of sp³-hybridized carbons (Fsp3) is 0.478. The van der Waals surface area contributed by atoms with Crippen molar-refractivity contribution in [3.05, 3.63) is 48.3 Å². The van der Waals surface area contributed by atoms with Gasteiger partial charge in [0.1, 0.15) is 11.6 Å². The normalized spacial score (nSPS) is 19.9. The van der Waals surface area contributed by atoms with Gasteiger partial charge in [0.2, 0.25) is 0 Å². The molecule has 0 saturated carbocycles. The molecule has 2 aromatic rings. The molecule has 1 fully saturated rings. The minimum absolute atomic E-state index is 0.301. The molecule has 0 unspecified atom stereocenters. The van der Waals surface area contributed by atoms with Crippen LogP contribution < -0.4 is 9.92 Å². The largest absolute Gasteiger partial charge is 0.573 e. The lowest BCUT2D eigenvalue weighted by Crippen LogP contribution is -2.34. The first kappa shape index (κ1) is 21.9. The highest BCUT2D eigenvalue weighted by molar-refractivity contribution is 6.73. The molecular formula is C23H28F4OSi. The van der Waals surface area contributed by atoms with Crippen molar-refractivity contribution in [2.75, 3.05) is 0 Å². The van der Waals surface area contributed by atoms with Crippen LogP contribution in [0.25, 0.3) is 11.1 Å². The van der Waals surface area contributed by atoms with Crippen molar-refractivity contribution in [1.82, 2.24) is 0 Å². The highest BCUT2D eigenvalue weighted by Crippen LogP contribution is 2.31. The molecule has 1 heterocycles. The Morgan fingerprint density at radius 3 is 2.28 bits per heavy atom. The van der Waals surface area contributed by atoms with Gasteiger partial charge >= 0.3 is 6.36 Å². The summed E-state index contributed by atoms with van der Waals surface area (Å²) in [7, 11) is -1.12. The van der Waals surface area contributed by atoms with E-state index in [1.807, 2.05) is 6.07 Å². The zero-order chi connectivity index (χ0) is 20.9. The average molecular weight is 425 g/mol. The first-order valence-electron chi connectivity index (χ1n) is 10.5. The predicted octanol–water partition coefficient (Wildman–Crippen LogP) is 6.82. The summed E-state index contributed by atoms with van der Waals surface area (Å²) in [6.07, 6.45) is 3.03. The summed E-state index contributed by atoms with van der Waals surface area (Å²) in [5.41, 5.74) is 0.958. The van der Waals surface area contributed by atoms with Gasteiger partial charge in [-0.3, -0.25) is 0 Å². The Labute approximate surface area is 171 Å². The SMILES string of the molecule is CCCCCC1CC[SiH](c2ccc(-c3ccc(OC(F)(F)F)cc3)c(F)c2)CC1. The molecule has 158 valence electrons. The Bertz CT molecular complexity index is 780. The molecule has 2 aromatic carbocycles. The van der Waals surface area contributed by atoms with Gasteiger partial charge in [-0.1, -0.05) is 87.0 Å². The number of rotatable bonds is 7. The summed E-state index contributed by atoms with van der Waals surface area (Å²) < 4.78 is 55.4. The lowest BCUT2D eigenvalue weighted by atomic mass is 9.96. The van der Waals surface area contributed by atoms with E-state index in [1.54, 1.807) is 12.1 Å². The van der Waals surface area contributed by atoms with E-state index in [0.29, 0.717) is 11.1 Å². The number of unbranched alkanes of at least 4 members (excludes halogenated alkanes) is 2. The van der Waals surface area contributed by atoms with Gasteiger partial charge in [0.25, 0.3) is 0 Å². The van der Waals surface area contributed by atoms with Gasteiger partial charge in [0.15, 0.2) is 0 Å². The van der Waals surface area contributed by atoms with Gasteiger partial charge in [-0.15, -0.1) is 13.2 Å². The second-order valence-electron chi connectivity index (χ2n) is 8.02. The molecular weight excluding hydrogens is 396 g/mol. The maximum atomic E-state index is 14.8. The third kappa shape index (κ3) is 6.33. The van der Waals surface area contributed by atoms with E-state index in [2.05, 4.69) is 11.7 Å². The fourth-order valence-corrected chi connectivity index (χ4v) is 7.78. The van der Waals surface area contributed by atoms with Gasteiger partial charge in [0, 0.05) is 5.56 Å². The molecule has 1 nitrogen and oxygen atoms in total. The monoisotopic (exact) mass is 424 g/mol. The lowest BCUT2D eigenvalue weighted by molar-refractivity contribution is -0.274. The molecule has 0 amide bonds. The highest BCUT2D eigenvalue weighted by Gasteiger charge is 2.31. The van der Waals surface area contributed by atoms with Crippen LogP contribution in [0.3, 0.4) is 0 Å². The molecule has 1 saturated heterocycles. The van der Waals surface area contributed by atoms with E-state index in [4.69, 9.17) is 0 Å². The molecule has 6 heteroatoms. The van der Waals surface area contributed by atoms with Crippen LogP contribution in [-0.4, -0.2) is 15.2 Å². The van der Waals surface area contributed by atoms with Crippen LogP contribution in [0, 0.1) is 11.7 Å². The lowest BCUT2D eigenvalue weighted by Gasteiger charge is -2.28. The van der Waals surface area contributed by atoms with Crippen LogP contribution in [0.4, 0.5) is 17.6 Å². The summed E-state index contributed by atoms with van der Waals surface area (Å²) in [6.45, 7) is 2.23. The topological polar surface area (TPSA) is 9.23 Å². The van der Waals surface area contributed by atoms with Gasteiger partial charge < -0.3 is 4.74 Å². The number of alkyl halides is 3. The average Bonchev–Trinajstić information content (AvgIpc) is 2.68. The molecule has 0 aromatic heterocycles. The minimum atomic E-state index is -4.73. The molecule has 0 aliphatic carbocycles. The van der Waals surface area contributed by atoms with Crippen LogP contribution in [0.5, 0.6) is 5.75 Å². The second kappa shape index (κ2) is 9.79. The van der Waals surface area contributed by atoms with Crippen LogP contribution in [-0.2, 0) is 0 Å². The van der Waals surface area contributed by atoms with Gasteiger partial charge in [-0.05, 0) is 29.7 Å². The van der Waals surface area contributed by atoms with E-state index in [-0.39, 0.29) is 11.6 Å². The maximum Gasteiger partial charge on any atom is 0.573 e. The molecule has 0 radical (unpaired) electrons. The third-order valence-electron chi connectivity index (χ3n) is 5.93. The van der Waals surface area contributed by atoms with Crippen molar-refractivity contribution in [3.63, 3.8) is 0 Å². The van der Waals surface area contributed by atoms with E-state index in [0.717, 1.165) is 11.1 Å². The number of benzene rings is 2. The van der Waals surface area contributed by atoms with Crippen LogP contribution in [0.2, 0.25) is 12.1 Å². The standard InChI is InChI=1S/C23H28F4OSi/c1-2-3-4-5-17-12-14-29(15-13-17)20-10-11-21(22(24)16-20)18-6-8-19(9-7-18)28-23(25,26)27/h6-11,16-17,29H,2-5,12-15H2,1H3. The molecule has 0 atom stereocenters. The Kier molecular flexibility index (Phi) is 7.38. The number of halogens is 4. The quantitative estimate of drug-likeness (QED) is 0.269. The number of hydrogen-bond acceptors (Lipinski definition) is 1. The maximum absolute atomic E-state index is 14.8. The van der Waals surface area contributed by atoms with Crippen molar-refractivity contribution >= 4 is 14.0 Å². The first-order chi connectivity index (χ1) is 13.9. The Hall–Kier alpha value is -1.82. The Morgan fingerprint density at radius 2 is 1.69 bits per heavy atom. The molecule has 0 N–H and O–H groups in total. The van der Waals surface area contributed by atoms with Crippen molar-refractivity contribution in [2.24, 2.45) is 5.92 Å². The summed E-state index contributed by atoms with van der Waals surface area (Å²) in [5.74, 6) is 0.234. The number of hydrogen-bond donors (Lipinski definition) is 0. The smallest absolute Gasteiger partial charge is 0.406 e. The number of ether oxygens (including phenoxy) is 1. The van der Waals surface area contributed by atoms with Crippen LogP contribution in [0.15, 0.2) is 42.5 Å². The van der Waals surface area contributed by atoms with Crippen molar-refractivity contribution in [2.45, 2.75) is 63.9 Å².